The van der Waals surface area contributed by atoms with Crippen LogP contribution >= 0.6 is 0 Å². The number of benzene rings is 2. The van der Waals surface area contributed by atoms with Crippen molar-refractivity contribution >= 4 is 0 Å². The summed E-state index contributed by atoms with van der Waals surface area (Å²) >= 11 is 0. The molecule has 0 spiro atoms. The van der Waals surface area contributed by atoms with Gasteiger partial charge in [0.1, 0.15) is 5.82 Å². The Balaban J connectivity index is 2.09. The highest BCUT2D eigenvalue weighted by Crippen LogP contribution is 2.20. The zero-order valence-corrected chi connectivity index (χ0v) is 9.94. The van der Waals surface area contributed by atoms with Crippen molar-refractivity contribution in [1.82, 2.24) is 0 Å². The second-order valence-electron chi connectivity index (χ2n) is 4.10. The molecule has 0 saturated carbocycles. The lowest BCUT2D eigenvalue weighted by atomic mass is 10.0. The van der Waals surface area contributed by atoms with Crippen LogP contribution in [0.1, 0.15) is 12.0 Å². The van der Waals surface area contributed by atoms with Crippen molar-refractivity contribution in [3.8, 4) is 11.1 Å². The summed E-state index contributed by atoms with van der Waals surface area (Å²) < 4.78 is 24.6. The molecule has 0 bridgehead atoms. The van der Waals surface area contributed by atoms with Crippen LogP contribution in [0.25, 0.3) is 11.1 Å². The van der Waals surface area contributed by atoms with Crippen molar-refractivity contribution in [3.63, 3.8) is 0 Å². The van der Waals surface area contributed by atoms with Crippen molar-refractivity contribution in [2.75, 3.05) is 0 Å². The number of rotatable bonds is 4. The molecule has 0 nitrogen and oxygen atoms in total. The highest BCUT2D eigenvalue weighted by molar-refractivity contribution is 5.63. The van der Waals surface area contributed by atoms with Crippen molar-refractivity contribution in [2.24, 2.45) is 0 Å². The van der Waals surface area contributed by atoms with Crippen LogP contribution in [0.4, 0.5) is 8.78 Å². The molecule has 0 radical (unpaired) electrons. The zero-order valence-electron chi connectivity index (χ0n) is 9.94. The van der Waals surface area contributed by atoms with Gasteiger partial charge >= 0.3 is 0 Å². The molecule has 0 N–H and O–H groups in total. The first-order valence-corrected chi connectivity index (χ1v) is 5.90. The minimum Gasteiger partial charge on any atom is -0.216 e. The first-order valence-electron chi connectivity index (χ1n) is 5.90. The maximum Gasteiger partial charge on any atom is 0.123 e. The Morgan fingerprint density at radius 1 is 0.833 bits per heavy atom. The molecule has 0 aliphatic rings. The first-order chi connectivity index (χ1) is 8.79. The van der Waals surface area contributed by atoms with E-state index in [1.165, 1.54) is 23.8 Å². The second-order valence-corrected chi connectivity index (χ2v) is 4.10. The lowest BCUT2D eigenvalue weighted by molar-refractivity contribution is 0.628. The highest BCUT2D eigenvalue weighted by atomic mass is 19.1. The molecule has 0 atom stereocenters. The number of hydrogen-bond donors (Lipinski definition) is 0. The molecule has 0 fully saturated rings. The Kier molecular flexibility index (Phi) is 4.24. The van der Waals surface area contributed by atoms with Gasteiger partial charge in [-0.2, -0.15) is 0 Å². The lowest BCUT2D eigenvalue weighted by Crippen LogP contribution is -1.84. The quantitative estimate of drug-likeness (QED) is 0.717. The first kappa shape index (κ1) is 12.5. The third kappa shape index (κ3) is 3.27. The van der Waals surface area contributed by atoms with Crippen molar-refractivity contribution in [1.29, 1.82) is 0 Å². The summed E-state index contributed by atoms with van der Waals surface area (Å²) in [5, 5.41) is 0. The van der Waals surface area contributed by atoms with Gasteiger partial charge in [0.05, 0.1) is 6.33 Å². The van der Waals surface area contributed by atoms with Gasteiger partial charge in [-0.3, -0.25) is 0 Å². The minimum absolute atomic E-state index is 0.228. The molecule has 0 aliphatic heterocycles. The number of allylic oxidation sites excluding steroid dienone is 1. The van der Waals surface area contributed by atoms with Gasteiger partial charge in [-0.15, -0.1) is 0 Å². The Labute approximate surface area is 106 Å². The summed E-state index contributed by atoms with van der Waals surface area (Å²) in [6.45, 7) is 0. The van der Waals surface area contributed by atoms with Crippen molar-refractivity contribution in [2.45, 2.75) is 12.8 Å². The van der Waals surface area contributed by atoms with Gasteiger partial charge in [-0.05, 0) is 41.7 Å². The van der Waals surface area contributed by atoms with E-state index in [9.17, 15) is 8.78 Å². The Bertz CT molecular complexity index is 510. The van der Waals surface area contributed by atoms with Gasteiger partial charge in [-0.1, -0.05) is 42.5 Å². The smallest absolute Gasteiger partial charge is 0.123 e. The third-order valence-electron chi connectivity index (χ3n) is 2.82. The molecule has 2 rings (SSSR count). The van der Waals surface area contributed by atoms with E-state index in [2.05, 4.69) is 0 Å². The van der Waals surface area contributed by atoms with Gasteiger partial charge in [0, 0.05) is 0 Å². The Morgan fingerprint density at radius 2 is 1.39 bits per heavy atom. The summed E-state index contributed by atoms with van der Waals surface area (Å²) in [7, 11) is 0. The Hall–Kier alpha value is -1.96. The van der Waals surface area contributed by atoms with Crippen molar-refractivity contribution in [3.05, 3.63) is 72.3 Å². The fourth-order valence-corrected chi connectivity index (χ4v) is 1.82. The standard InChI is InChI=1S/C16H14F2/c17-12-2-1-3-13-4-6-14(7-5-13)15-8-10-16(18)11-9-15/h2,4-12H,1,3H2. The van der Waals surface area contributed by atoms with E-state index in [1.807, 2.05) is 24.3 Å². The molecule has 0 aromatic heterocycles. The van der Waals surface area contributed by atoms with E-state index in [4.69, 9.17) is 0 Å². The van der Waals surface area contributed by atoms with Crippen molar-refractivity contribution < 1.29 is 8.78 Å². The van der Waals surface area contributed by atoms with E-state index in [1.54, 1.807) is 12.1 Å². The van der Waals surface area contributed by atoms with Crippen LogP contribution in [0.15, 0.2) is 60.9 Å². The molecule has 2 aromatic rings. The average Bonchev–Trinajstić information content (AvgIpc) is 2.41. The summed E-state index contributed by atoms with van der Waals surface area (Å²) in [6, 6.07) is 14.5. The summed E-state index contributed by atoms with van der Waals surface area (Å²) in [6.07, 6.45) is 3.61. The monoisotopic (exact) mass is 244 g/mol. The van der Waals surface area contributed by atoms with E-state index in [-0.39, 0.29) is 5.82 Å². The predicted octanol–water partition coefficient (Wildman–Crippen LogP) is 4.91. The van der Waals surface area contributed by atoms with E-state index >= 15 is 0 Å². The molecular weight excluding hydrogens is 230 g/mol. The highest BCUT2D eigenvalue weighted by Gasteiger charge is 1.98. The molecule has 0 amide bonds. The largest absolute Gasteiger partial charge is 0.216 e. The van der Waals surface area contributed by atoms with Gasteiger partial charge in [-0.25, -0.2) is 8.78 Å². The molecule has 0 unspecified atom stereocenters. The maximum absolute atomic E-state index is 12.8. The van der Waals surface area contributed by atoms with Crippen LogP contribution in [0, 0.1) is 5.82 Å². The van der Waals surface area contributed by atoms with E-state index in [0.717, 1.165) is 17.5 Å². The molecule has 2 heteroatoms. The van der Waals surface area contributed by atoms with E-state index in [0.29, 0.717) is 12.8 Å². The Morgan fingerprint density at radius 3 is 1.94 bits per heavy atom. The molecule has 92 valence electrons. The molecule has 0 saturated heterocycles. The van der Waals surface area contributed by atoms with Gasteiger partial charge in [0.15, 0.2) is 0 Å². The normalized spacial score (nSPS) is 11.0. The molecular formula is C16H14F2. The maximum atomic E-state index is 12.8. The third-order valence-corrected chi connectivity index (χ3v) is 2.82. The van der Waals surface area contributed by atoms with Crippen LogP contribution in [0.2, 0.25) is 0 Å². The van der Waals surface area contributed by atoms with Crippen LogP contribution in [0.3, 0.4) is 0 Å². The topological polar surface area (TPSA) is 0 Å². The summed E-state index contributed by atoms with van der Waals surface area (Å²) in [5.74, 6) is -0.228. The number of aryl methyl sites for hydroxylation is 1. The van der Waals surface area contributed by atoms with Gasteiger partial charge < -0.3 is 0 Å². The summed E-state index contributed by atoms with van der Waals surface area (Å²) in [4.78, 5) is 0. The average molecular weight is 244 g/mol. The van der Waals surface area contributed by atoms with Crippen LogP contribution in [0.5, 0.6) is 0 Å². The second kappa shape index (κ2) is 6.10. The lowest BCUT2D eigenvalue weighted by Gasteiger charge is -2.03. The molecule has 18 heavy (non-hydrogen) atoms. The van der Waals surface area contributed by atoms with E-state index < -0.39 is 0 Å². The zero-order chi connectivity index (χ0) is 12.8. The molecule has 0 aliphatic carbocycles. The van der Waals surface area contributed by atoms with Gasteiger partial charge in [0.25, 0.3) is 0 Å². The summed E-state index contributed by atoms with van der Waals surface area (Å²) in [5.41, 5.74) is 3.21. The molecule has 2 aromatic carbocycles. The van der Waals surface area contributed by atoms with Crippen LogP contribution < -0.4 is 0 Å². The van der Waals surface area contributed by atoms with Gasteiger partial charge in [0.2, 0.25) is 0 Å². The fourth-order valence-electron chi connectivity index (χ4n) is 1.82. The van der Waals surface area contributed by atoms with Crippen LogP contribution in [-0.2, 0) is 6.42 Å². The SMILES string of the molecule is FC=CCCc1ccc(-c2ccc(F)cc2)cc1. The minimum atomic E-state index is -0.228. The number of hydrogen-bond acceptors (Lipinski definition) is 0. The molecule has 0 heterocycles. The predicted molar refractivity (Wildman–Crippen MR) is 70.4 cm³/mol. The fraction of sp³-hybridized carbons (Fsp3) is 0.125. The number of halogens is 2. The van der Waals surface area contributed by atoms with Crippen LogP contribution in [-0.4, -0.2) is 0 Å².